The third-order valence-electron chi connectivity index (χ3n) is 5.65. The Labute approximate surface area is 165 Å². The molecule has 5 heteroatoms. The van der Waals surface area contributed by atoms with Gasteiger partial charge in [0.2, 0.25) is 0 Å². The number of aryl methyl sites for hydroxylation is 2. The summed E-state index contributed by atoms with van der Waals surface area (Å²) in [5.74, 6) is 1.18. The van der Waals surface area contributed by atoms with Crippen molar-refractivity contribution in [1.82, 2.24) is 9.80 Å². The zero-order valence-corrected chi connectivity index (χ0v) is 16.7. The van der Waals surface area contributed by atoms with Crippen molar-refractivity contribution in [3.63, 3.8) is 0 Å². The first-order chi connectivity index (χ1) is 13.6. The van der Waals surface area contributed by atoms with Gasteiger partial charge in [0.1, 0.15) is 11.3 Å². The summed E-state index contributed by atoms with van der Waals surface area (Å²) in [6, 6.07) is 14.1. The number of carbonyl (C=O) groups excluding carboxylic acids is 1. The van der Waals surface area contributed by atoms with Crippen LogP contribution in [0.3, 0.4) is 0 Å². The van der Waals surface area contributed by atoms with Gasteiger partial charge in [-0.15, -0.1) is 0 Å². The van der Waals surface area contributed by atoms with Gasteiger partial charge in [-0.3, -0.25) is 9.69 Å². The lowest BCUT2D eigenvalue weighted by molar-refractivity contribution is 0.0599. The van der Waals surface area contributed by atoms with Gasteiger partial charge >= 0.3 is 0 Å². The number of nitrogens with zero attached hydrogens (tertiary/aromatic N) is 2. The minimum Gasteiger partial charge on any atom is -0.497 e. The third kappa shape index (κ3) is 3.50. The van der Waals surface area contributed by atoms with Crippen LogP contribution in [-0.2, 0) is 6.54 Å². The third-order valence-corrected chi connectivity index (χ3v) is 5.65. The maximum Gasteiger partial charge on any atom is 0.289 e. The molecule has 5 nitrogen and oxygen atoms in total. The molecule has 0 radical (unpaired) electrons. The number of methoxy groups -OCH3 is 1. The quantitative estimate of drug-likeness (QED) is 0.688. The largest absolute Gasteiger partial charge is 0.497 e. The molecule has 0 N–H and O–H groups in total. The molecule has 0 atom stereocenters. The predicted molar refractivity (Wildman–Crippen MR) is 110 cm³/mol. The van der Waals surface area contributed by atoms with Crippen LogP contribution in [0.1, 0.15) is 27.2 Å². The molecule has 1 fully saturated rings. The molecule has 2 aromatic carbocycles. The van der Waals surface area contributed by atoms with E-state index in [0.717, 1.165) is 41.9 Å². The van der Waals surface area contributed by atoms with Crippen LogP contribution in [-0.4, -0.2) is 49.0 Å². The van der Waals surface area contributed by atoms with Crippen molar-refractivity contribution in [2.45, 2.75) is 20.4 Å². The van der Waals surface area contributed by atoms with Crippen LogP contribution in [0.4, 0.5) is 0 Å². The van der Waals surface area contributed by atoms with Crippen molar-refractivity contribution < 1.29 is 13.9 Å². The predicted octanol–water partition coefficient (Wildman–Crippen LogP) is 4.02. The molecule has 1 aliphatic heterocycles. The number of carbonyl (C=O) groups is 1. The summed E-state index contributed by atoms with van der Waals surface area (Å²) in [5.41, 5.74) is 4.26. The molecule has 0 spiro atoms. The fourth-order valence-corrected chi connectivity index (χ4v) is 3.81. The lowest BCUT2D eigenvalue weighted by Gasteiger charge is -2.34. The molecule has 0 aliphatic carbocycles. The Balaban J connectivity index is 1.45. The van der Waals surface area contributed by atoms with E-state index in [1.54, 1.807) is 7.11 Å². The first kappa shape index (κ1) is 18.6. The molecule has 1 amide bonds. The van der Waals surface area contributed by atoms with Gasteiger partial charge in [-0.2, -0.15) is 0 Å². The number of furan rings is 1. The molecule has 0 saturated carbocycles. The minimum absolute atomic E-state index is 0.0248. The maximum atomic E-state index is 13.0. The summed E-state index contributed by atoms with van der Waals surface area (Å²) in [5, 5.41) is 0.931. The second-order valence-corrected chi connectivity index (χ2v) is 7.41. The van der Waals surface area contributed by atoms with Crippen LogP contribution in [0.2, 0.25) is 0 Å². The van der Waals surface area contributed by atoms with E-state index in [1.165, 1.54) is 11.1 Å². The zero-order chi connectivity index (χ0) is 19.7. The van der Waals surface area contributed by atoms with E-state index in [9.17, 15) is 4.79 Å². The summed E-state index contributed by atoms with van der Waals surface area (Å²) < 4.78 is 11.2. The molecule has 3 aromatic rings. The molecule has 28 heavy (non-hydrogen) atoms. The zero-order valence-electron chi connectivity index (χ0n) is 16.7. The highest BCUT2D eigenvalue weighted by Crippen LogP contribution is 2.29. The summed E-state index contributed by atoms with van der Waals surface area (Å²) in [6.07, 6.45) is 0. The highest BCUT2D eigenvalue weighted by Gasteiger charge is 2.27. The SMILES string of the molecule is COc1ccc2oc(C(=O)N3CCN(Cc4ccccc4C)CC3)c(C)c2c1. The molecule has 0 bridgehead atoms. The van der Waals surface area contributed by atoms with Gasteiger partial charge in [-0.05, 0) is 43.2 Å². The Morgan fingerprint density at radius 1 is 1.07 bits per heavy atom. The minimum atomic E-state index is -0.0248. The van der Waals surface area contributed by atoms with E-state index in [4.69, 9.17) is 9.15 Å². The van der Waals surface area contributed by atoms with Gasteiger partial charge in [0.25, 0.3) is 5.91 Å². The van der Waals surface area contributed by atoms with E-state index >= 15 is 0 Å². The fourth-order valence-electron chi connectivity index (χ4n) is 3.81. The lowest BCUT2D eigenvalue weighted by atomic mass is 10.1. The number of benzene rings is 2. The molecule has 2 heterocycles. The second-order valence-electron chi connectivity index (χ2n) is 7.41. The molecule has 4 rings (SSSR count). The van der Waals surface area contributed by atoms with Crippen LogP contribution in [0.25, 0.3) is 11.0 Å². The molecule has 1 aliphatic rings. The number of hydrogen-bond donors (Lipinski definition) is 0. The Morgan fingerprint density at radius 3 is 2.54 bits per heavy atom. The smallest absolute Gasteiger partial charge is 0.289 e. The highest BCUT2D eigenvalue weighted by molar-refractivity contribution is 5.99. The van der Waals surface area contributed by atoms with Gasteiger partial charge in [-0.1, -0.05) is 24.3 Å². The van der Waals surface area contributed by atoms with Crippen LogP contribution in [0.15, 0.2) is 46.9 Å². The molecule has 1 saturated heterocycles. The van der Waals surface area contributed by atoms with E-state index in [2.05, 4.69) is 36.1 Å². The summed E-state index contributed by atoms with van der Waals surface area (Å²) in [4.78, 5) is 17.4. The number of piperazine rings is 1. The topological polar surface area (TPSA) is 45.9 Å². The number of fused-ring (bicyclic) bond motifs is 1. The normalized spacial score (nSPS) is 15.2. The van der Waals surface area contributed by atoms with Crippen LogP contribution < -0.4 is 4.74 Å². The second kappa shape index (κ2) is 7.68. The number of rotatable bonds is 4. The van der Waals surface area contributed by atoms with Gasteiger partial charge in [0.05, 0.1) is 7.11 Å². The molecule has 146 valence electrons. The molecular weight excluding hydrogens is 352 g/mol. The van der Waals surface area contributed by atoms with E-state index in [-0.39, 0.29) is 5.91 Å². The molecule has 1 aromatic heterocycles. The first-order valence-electron chi connectivity index (χ1n) is 9.70. The van der Waals surface area contributed by atoms with Crippen LogP contribution >= 0.6 is 0 Å². The Hall–Kier alpha value is -2.79. The Kier molecular flexibility index (Phi) is 5.09. The van der Waals surface area contributed by atoms with Crippen LogP contribution in [0.5, 0.6) is 5.75 Å². The van der Waals surface area contributed by atoms with Gasteiger partial charge < -0.3 is 14.1 Å². The Morgan fingerprint density at radius 2 is 1.82 bits per heavy atom. The molecule has 0 unspecified atom stereocenters. The number of amides is 1. The summed E-state index contributed by atoms with van der Waals surface area (Å²) in [6.45, 7) is 8.18. The van der Waals surface area contributed by atoms with Crippen molar-refractivity contribution in [3.05, 3.63) is 64.9 Å². The van der Waals surface area contributed by atoms with Crippen molar-refractivity contribution in [1.29, 1.82) is 0 Å². The first-order valence-corrected chi connectivity index (χ1v) is 9.70. The van der Waals surface area contributed by atoms with Gasteiger partial charge in [0, 0.05) is 43.7 Å². The average Bonchev–Trinajstić information content (AvgIpc) is 3.05. The van der Waals surface area contributed by atoms with E-state index in [1.807, 2.05) is 30.0 Å². The monoisotopic (exact) mass is 378 g/mol. The van der Waals surface area contributed by atoms with Crippen LogP contribution in [0, 0.1) is 13.8 Å². The number of hydrogen-bond acceptors (Lipinski definition) is 4. The highest BCUT2D eigenvalue weighted by atomic mass is 16.5. The standard InChI is InChI=1S/C23H26N2O3/c1-16-6-4-5-7-18(16)15-24-10-12-25(13-11-24)23(26)22-17(2)20-14-19(27-3)8-9-21(20)28-22/h4-9,14H,10-13,15H2,1-3H3. The summed E-state index contributed by atoms with van der Waals surface area (Å²) in [7, 11) is 1.64. The van der Waals surface area contributed by atoms with Crippen molar-refractivity contribution in [2.75, 3.05) is 33.3 Å². The van der Waals surface area contributed by atoms with Crippen molar-refractivity contribution >= 4 is 16.9 Å². The average molecular weight is 378 g/mol. The van der Waals surface area contributed by atoms with Gasteiger partial charge in [-0.25, -0.2) is 0 Å². The van der Waals surface area contributed by atoms with E-state index < -0.39 is 0 Å². The number of ether oxygens (including phenoxy) is 1. The van der Waals surface area contributed by atoms with Gasteiger partial charge in [0.15, 0.2) is 5.76 Å². The van der Waals surface area contributed by atoms with Crippen molar-refractivity contribution in [2.24, 2.45) is 0 Å². The lowest BCUT2D eigenvalue weighted by Crippen LogP contribution is -2.48. The van der Waals surface area contributed by atoms with E-state index in [0.29, 0.717) is 18.8 Å². The summed E-state index contributed by atoms with van der Waals surface area (Å²) >= 11 is 0. The fraction of sp³-hybridized carbons (Fsp3) is 0.348. The van der Waals surface area contributed by atoms with Crippen molar-refractivity contribution in [3.8, 4) is 5.75 Å². The Bertz CT molecular complexity index is 1000. The molecular formula is C23H26N2O3. The maximum absolute atomic E-state index is 13.0.